The van der Waals surface area contributed by atoms with Gasteiger partial charge in [0.15, 0.2) is 5.82 Å². The minimum Gasteiger partial charge on any atom is -0.354 e. The zero-order valence-corrected chi connectivity index (χ0v) is 14.8. The number of carbonyl (C=O) groups is 1. The van der Waals surface area contributed by atoms with E-state index in [1.165, 1.54) is 0 Å². The number of carbonyl (C=O) groups excluding carboxylic acids is 1. The van der Waals surface area contributed by atoms with Gasteiger partial charge in [0.05, 0.1) is 12.1 Å². The summed E-state index contributed by atoms with van der Waals surface area (Å²) in [4.78, 5) is 19.0. The first-order valence-corrected chi connectivity index (χ1v) is 9.25. The third kappa shape index (κ3) is 4.13. The third-order valence-electron chi connectivity index (χ3n) is 5.20. The minimum absolute atomic E-state index is 0.00877. The van der Waals surface area contributed by atoms with E-state index in [4.69, 9.17) is 4.52 Å². The van der Waals surface area contributed by atoms with Crippen molar-refractivity contribution >= 4 is 5.91 Å². The summed E-state index contributed by atoms with van der Waals surface area (Å²) in [6.45, 7) is 7.86. The van der Waals surface area contributed by atoms with Crippen LogP contribution in [-0.2, 0) is 11.2 Å². The Hall–Kier alpha value is -1.47. The van der Waals surface area contributed by atoms with Crippen molar-refractivity contribution in [2.45, 2.75) is 58.0 Å². The Morgan fingerprint density at radius 2 is 2.33 bits per heavy atom. The van der Waals surface area contributed by atoms with Gasteiger partial charge in [0, 0.05) is 19.5 Å². The number of hydrogen-bond donors (Lipinski definition) is 2. The molecule has 0 aromatic carbocycles. The lowest BCUT2D eigenvalue weighted by molar-refractivity contribution is -0.123. The van der Waals surface area contributed by atoms with Crippen molar-refractivity contribution in [2.75, 3.05) is 26.2 Å². The second-order valence-corrected chi connectivity index (χ2v) is 6.98. The molecule has 0 bridgehead atoms. The van der Waals surface area contributed by atoms with Crippen LogP contribution in [0.1, 0.15) is 57.3 Å². The summed E-state index contributed by atoms with van der Waals surface area (Å²) in [6, 6.07) is 0.141. The highest BCUT2D eigenvalue weighted by atomic mass is 16.5. The molecule has 0 aliphatic carbocycles. The first-order valence-electron chi connectivity index (χ1n) is 9.25. The molecular weight excluding hydrogens is 306 g/mol. The van der Waals surface area contributed by atoms with Gasteiger partial charge >= 0.3 is 0 Å². The van der Waals surface area contributed by atoms with Gasteiger partial charge < -0.3 is 15.2 Å². The molecule has 1 aromatic rings. The summed E-state index contributed by atoms with van der Waals surface area (Å²) in [6.07, 6.45) is 5.14. The Bertz CT molecular complexity index is 541. The predicted octanol–water partition coefficient (Wildman–Crippen LogP) is 1.27. The van der Waals surface area contributed by atoms with Crippen molar-refractivity contribution in [3.05, 3.63) is 11.7 Å². The Morgan fingerprint density at radius 1 is 1.46 bits per heavy atom. The number of nitrogens with zero attached hydrogens (tertiary/aromatic N) is 3. The molecule has 24 heavy (non-hydrogen) atoms. The van der Waals surface area contributed by atoms with E-state index in [1.54, 1.807) is 0 Å². The lowest BCUT2D eigenvalue weighted by Crippen LogP contribution is -2.45. The van der Waals surface area contributed by atoms with Crippen LogP contribution in [0.3, 0.4) is 0 Å². The van der Waals surface area contributed by atoms with Crippen molar-refractivity contribution in [3.8, 4) is 0 Å². The van der Waals surface area contributed by atoms with Crippen LogP contribution in [0, 0.1) is 5.92 Å². The summed E-state index contributed by atoms with van der Waals surface area (Å²) in [5.74, 6) is 2.11. The molecule has 134 valence electrons. The smallest absolute Gasteiger partial charge is 0.243 e. The Morgan fingerprint density at radius 3 is 3.04 bits per heavy atom. The number of hydrogen-bond acceptors (Lipinski definition) is 6. The van der Waals surface area contributed by atoms with Crippen LogP contribution < -0.4 is 10.6 Å². The molecule has 0 saturated carbocycles. The molecule has 2 saturated heterocycles. The molecule has 0 radical (unpaired) electrons. The molecule has 1 amide bonds. The van der Waals surface area contributed by atoms with E-state index in [2.05, 4.69) is 32.6 Å². The summed E-state index contributed by atoms with van der Waals surface area (Å²) >= 11 is 0. The van der Waals surface area contributed by atoms with Crippen LogP contribution in [0.2, 0.25) is 0 Å². The number of nitrogens with one attached hydrogen (secondary N) is 2. The van der Waals surface area contributed by atoms with Crippen LogP contribution in [0.5, 0.6) is 0 Å². The monoisotopic (exact) mass is 335 g/mol. The highest BCUT2D eigenvalue weighted by Crippen LogP contribution is 2.25. The third-order valence-corrected chi connectivity index (χ3v) is 5.20. The zero-order chi connectivity index (χ0) is 16.9. The van der Waals surface area contributed by atoms with Crippen LogP contribution in [0.25, 0.3) is 0 Å². The number of aromatic nitrogens is 2. The fraction of sp³-hybridized carbons (Fsp3) is 0.824. The van der Waals surface area contributed by atoms with Gasteiger partial charge in [-0.2, -0.15) is 4.98 Å². The summed E-state index contributed by atoms with van der Waals surface area (Å²) in [5, 5.41) is 10.4. The standard InChI is InChI=1S/C17H29N5O2/c1-3-15-20-17(24-21-15)12(2)22-9-5-6-13(11-22)10-19-16(23)14-7-4-8-18-14/h12-14,18H,3-11H2,1-2H3,(H,19,23). The van der Waals surface area contributed by atoms with E-state index < -0.39 is 0 Å². The average Bonchev–Trinajstić information content (AvgIpc) is 3.30. The van der Waals surface area contributed by atoms with Crippen LogP contribution in [0.15, 0.2) is 4.52 Å². The van der Waals surface area contributed by atoms with E-state index in [1.807, 2.05) is 6.92 Å². The molecule has 2 aliphatic heterocycles. The second kappa shape index (κ2) is 8.07. The quantitative estimate of drug-likeness (QED) is 0.815. The maximum absolute atomic E-state index is 12.1. The normalized spacial score (nSPS) is 26.4. The van der Waals surface area contributed by atoms with E-state index in [0.717, 1.165) is 64.1 Å². The molecule has 3 rings (SSSR count). The van der Waals surface area contributed by atoms with Crippen LogP contribution in [-0.4, -0.2) is 53.2 Å². The SMILES string of the molecule is CCc1noc(C(C)N2CCCC(CNC(=O)C3CCCN3)C2)n1. The maximum atomic E-state index is 12.1. The van der Waals surface area contributed by atoms with E-state index in [-0.39, 0.29) is 18.0 Å². The van der Waals surface area contributed by atoms with Gasteiger partial charge in [0.2, 0.25) is 11.8 Å². The Kier molecular flexibility index (Phi) is 5.84. The fourth-order valence-corrected chi connectivity index (χ4v) is 3.63. The highest BCUT2D eigenvalue weighted by Gasteiger charge is 2.28. The largest absolute Gasteiger partial charge is 0.354 e. The van der Waals surface area contributed by atoms with Gasteiger partial charge in [-0.1, -0.05) is 12.1 Å². The molecule has 3 heterocycles. The molecule has 2 aliphatic rings. The molecule has 7 heteroatoms. The first kappa shape index (κ1) is 17.4. The molecule has 3 unspecified atom stereocenters. The number of amides is 1. The number of aryl methyl sites for hydroxylation is 1. The lowest BCUT2D eigenvalue weighted by Gasteiger charge is -2.35. The van der Waals surface area contributed by atoms with Gasteiger partial charge in [-0.15, -0.1) is 0 Å². The van der Waals surface area contributed by atoms with Gasteiger partial charge in [-0.25, -0.2) is 0 Å². The van der Waals surface area contributed by atoms with Crippen molar-refractivity contribution < 1.29 is 9.32 Å². The molecule has 3 atom stereocenters. The molecular formula is C17H29N5O2. The summed E-state index contributed by atoms with van der Waals surface area (Å²) in [5.41, 5.74) is 0. The number of likely N-dealkylation sites (tertiary alicyclic amines) is 1. The second-order valence-electron chi connectivity index (χ2n) is 6.98. The average molecular weight is 335 g/mol. The molecule has 2 N–H and O–H groups in total. The van der Waals surface area contributed by atoms with E-state index in [9.17, 15) is 4.79 Å². The van der Waals surface area contributed by atoms with Crippen molar-refractivity contribution in [1.82, 2.24) is 25.7 Å². The van der Waals surface area contributed by atoms with Crippen LogP contribution >= 0.6 is 0 Å². The molecule has 0 spiro atoms. The van der Waals surface area contributed by atoms with Crippen molar-refractivity contribution in [3.63, 3.8) is 0 Å². The number of rotatable bonds is 6. The Labute approximate surface area is 143 Å². The van der Waals surface area contributed by atoms with Crippen LogP contribution in [0.4, 0.5) is 0 Å². The van der Waals surface area contributed by atoms with Gasteiger partial charge in [-0.3, -0.25) is 9.69 Å². The summed E-state index contributed by atoms with van der Waals surface area (Å²) in [7, 11) is 0. The molecule has 1 aromatic heterocycles. The van der Waals surface area contributed by atoms with Crippen molar-refractivity contribution in [2.24, 2.45) is 5.92 Å². The van der Waals surface area contributed by atoms with E-state index in [0.29, 0.717) is 11.8 Å². The number of piperidine rings is 1. The van der Waals surface area contributed by atoms with Gasteiger partial charge in [-0.05, 0) is 51.6 Å². The van der Waals surface area contributed by atoms with Gasteiger partial charge in [0.25, 0.3) is 0 Å². The maximum Gasteiger partial charge on any atom is 0.243 e. The highest BCUT2D eigenvalue weighted by molar-refractivity contribution is 5.81. The van der Waals surface area contributed by atoms with E-state index >= 15 is 0 Å². The Balaban J connectivity index is 1.49. The zero-order valence-electron chi connectivity index (χ0n) is 14.8. The predicted molar refractivity (Wildman–Crippen MR) is 90.4 cm³/mol. The molecule has 7 nitrogen and oxygen atoms in total. The lowest BCUT2D eigenvalue weighted by atomic mass is 9.96. The fourth-order valence-electron chi connectivity index (χ4n) is 3.63. The minimum atomic E-state index is 0.00877. The first-order chi connectivity index (χ1) is 11.7. The van der Waals surface area contributed by atoms with Gasteiger partial charge in [0.1, 0.15) is 0 Å². The summed E-state index contributed by atoms with van der Waals surface area (Å²) < 4.78 is 5.39. The topological polar surface area (TPSA) is 83.3 Å². The molecule has 2 fully saturated rings. The van der Waals surface area contributed by atoms with Crippen molar-refractivity contribution in [1.29, 1.82) is 0 Å².